The third-order valence-corrected chi connectivity index (χ3v) is 3.65. The molecule has 0 radical (unpaired) electrons. The van der Waals surface area contributed by atoms with Gasteiger partial charge in [0.25, 0.3) is 5.91 Å². The molecule has 2 N–H and O–H groups in total. The molecule has 0 bridgehead atoms. The van der Waals surface area contributed by atoms with Gasteiger partial charge in [0.05, 0.1) is 23.1 Å². The highest BCUT2D eigenvalue weighted by atomic mass is 79.9. The van der Waals surface area contributed by atoms with Crippen molar-refractivity contribution in [3.8, 4) is 5.69 Å². The molecule has 116 valence electrons. The molecule has 1 heterocycles. The zero-order valence-corrected chi connectivity index (χ0v) is 13.6. The van der Waals surface area contributed by atoms with Crippen LogP contribution in [0.25, 0.3) is 5.69 Å². The smallest absolute Gasteiger partial charge is 0.303 e. The van der Waals surface area contributed by atoms with Crippen LogP contribution >= 0.6 is 15.9 Å². The number of rotatable bonds is 6. The number of nitrogens with one attached hydrogen (secondary N) is 1. The van der Waals surface area contributed by atoms with Gasteiger partial charge in [0.1, 0.15) is 0 Å². The van der Waals surface area contributed by atoms with Crippen LogP contribution in [0.4, 0.5) is 0 Å². The molecule has 1 aromatic carbocycles. The molecule has 1 amide bonds. The Balaban J connectivity index is 2.07. The minimum atomic E-state index is -0.868. The monoisotopic (exact) mass is 365 g/mol. The van der Waals surface area contributed by atoms with Crippen LogP contribution in [-0.4, -0.2) is 33.3 Å². The van der Waals surface area contributed by atoms with Gasteiger partial charge in [-0.05, 0) is 31.5 Å². The predicted octanol–water partition coefficient (Wildman–Crippen LogP) is 2.54. The zero-order chi connectivity index (χ0) is 16.1. The fraction of sp³-hybridized carbons (Fsp3) is 0.267. The van der Waals surface area contributed by atoms with Crippen LogP contribution in [-0.2, 0) is 4.79 Å². The van der Waals surface area contributed by atoms with Crippen molar-refractivity contribution in [2.75, 3.05) is 6.54 Å². The molecule has 7 heteroatoms. The van der Waals surface area contributed by atoms with Crippen molar-refractivity contribution in [2.24, 2.45) is 0 Å². The lowest BCUT2D eigenvalue weighted by atomic mass is 10.2. The highest BCUT2D eigenvalue weighted by Gasteiger charge is 2.14. The lowest BCUT2D eigenvalue weighted by Gasteiger charge is -2.06. The highest BCUT2D eigenvalue weighted by Crippen LogP contribution is 2.18. The first-order valence-electron chi connectivity index (χ1n) is 6.79. The first-order valence-corrected chi connectivity index (χ1v) is 7.59. The Morgan fingerprint density at radius 2 is 2.18 bits per heavy atom. The summed E-state index contributed by atoms with van der Waals surface area (Å²) >= 11 is 3.41. The average molecular weight is 366 g/mol. The van der Waals surface area contributed by atoms with E-state index in [9.17, 15) is 9.59 Å². The summed E-state index contributed by atoms with van der Waals surface area (Å²) in [6, 6.07) is 7.62. The quantitative estimate of drug-likeness (QED) is 0.770. The molecule has 0 aliphatic heterocycles. The Morgan fingerprint density at radius 3 is 2.86 bits per heavy atom. The Hall–Kier alpha value is -2.15. The summed E-state index contributed by atoms with van der Waals surface area (Å²) in [7, 11) is 0. The molecular formula is C15H16BrN3O3. The maximum absolute atomic E-state index is 12.1. The van der Waals surface area contributed by atoms with Crippen molar-refractivity contribution in [2.45, 2.75) is 19.8 Å². The topological polar surface area (TPSA) is 84.2 Å². The predicted molar refractivity (Wildman–Crippen MR) is 85.2 cm³/mol. The fourth-order valence-corrected chi connectivity index (χ4v) is 2.42. The molecule has 6 nitrogen and oxygen atoms in total. The first kappa shape index (κ1) is 16.2. The molecule has 0 aliphatic carbocycles. The summed E-state index contributed by atoms with van der Waals surface area (Å²) in [6.45, 7) is 2.15. The van der Waals surface area contributed by atoms with Gasteiger partial charge in [-0.15, -0.1) is 0 Å². The molecule has 1 aromatic heterocycles. The van der Waals surface area contributed by atoms with Crippen LogP contribution < -0.4 is 5.32 Å². The molecular weight excluding hydrogens is 350 g/mol. The normalized spacial score (nSPS) is 10.5. The largest absolute Gasteiger partial charge is 0.481 e. The molecule has 0 atom stereocenters. The van der Waals surface area contributed by atoms with Crippen LogP contribution in [0.3, 0.4) is 0 Å². The fourth-order valence-electron chi connectivity index (χ4n) is 2.04. The number of hydrogen-bond acceptors (Lipinski definition) is 3. The number of amides is 1. The van der Waals surface area contributed by atoms with E-state index < -0.39 is 5.97 Å². The van der Waals surface area contributed by atoms with Gasteiger partial charge in [-0.1, -0.05) is 22.0 Å². The second kappa shape index (κ2) is 7.22. The summed E-state index contributed by atoms with van der Waals surface area (Å²) in [5, 5.41) is 15.5. The van der Waals surface area contributed by atoms with E-state index in [1.807, 2.05) is 31.2 Å². The standard InChI is InChI=1S/C15H16BrN3O3/c1-10-13(15(22)17-7-3-6-14(20)21)9-18-19(10)12-5-2-4-11(16)8-12/h2,4-5,8-9H,3,6-7H2,1H3,(H,17,22)(H,20,21). The van der Waals surface area contributed by atoms with Crippen molar-refractivity contribution < 1.29 is 14.7 Å². The number of aromatic nitrogens is 2. The minimum Gasteiger partial charge on any atom is -0.481 e. The van der Waals surface area contributed by atoms with E-state index in [1.165, 1.54) is 6.20 Å². The zero-order valence-electron chi connectivity index (χ0n) is 12.0. The number of carbonyl (C=O) groups excluding carboxylic acids is 1. The van der Waals surface area contributed by atoms with E-state index >= 15 is 0 Å². The number of carboxylic acid groups (broad SMARTS) is 1. The highest BCUT2D eigenvalue weighted by molar-refractivity contribution is 9.10. The van der Waals surface area contributed by atoms with Crippen LogP contribution in [0, 0.1) is 6.92 Å². The summed E-state index contributed by atoms with van der Waals surface area (Å²) in [5.74, 6) is -1.11. The number of aliphatic carboxylic acids is 1. The van der Waals surface area contributed by atoms with Crippen molar-refractivity contribution in [1.82, 2.24) is 15.1 Å². The van der Waals surface area contributed by atoms with Gasteiger partial charge in [0.15, 0.2) is 0 Å². The van der Waals surface area contributed by atoms with Crippen molar-refractivity contribution in [3.05, 3.63) is 46.2 Å². The molecule has 2 aromatic rings. The number of nitrogens with zero attached hydrogens (tertiary/aromatic N) is 2. The summed E-state index contributed by atoms with van der Waals surface area (Å²) in [4.78, 5) is 22.5. The van der Waals surface area contributed by atoms with E-state index in [0.717, 1.165) is 15.9 Å². The molecule has 22 heavy (non-hydrogen) atoms. The van der Waals surface area contributed by atoms with Gasteiger partial charge in [0.2, 0.25) is 0 Å². The van der Waals surface area contributed by atoms with Crippen molar-refractivity contribution in [1.29, 1.82) is 0 Å². The maximum Gasteiger partial charge on any atom is 0.303 e. The maximum atomic E-state index is 12.1. The van der Waals surface area contributed by atoms with E-state index in [-0.39, 0.29) is 12.3 Å². The Labute approximate surface area is 136 Å². The summed E-state index contributed by atoms with van der Waals surface area (Å²) in [5.41, 5.74) is 2.07. The second-order valence-corrected chi connectivity index (χ2v) is 5.70. The van der Waals surface area contributed by atoms with Gasteiger partial charge in [-0.25, -0.2) is 4.68 Å². The van der Waals surface area contributed by atoms with Crippen LogP contribution in [0.2, 0.25) is 0 Å². The van der Waals surface area contributed by atoms with Gasteiger partial charge in [0, 0.05) is 17.4 Å². The van der Waals surface area contributed by atoms with Crippen molar-refractivity contribution in [3.63, 3.8) is 0 Å². The summed E-state index contributed by atoms with van der Waals surface area (Å²) < 4.78 is 2.62. The molecule has 0 saturated heterocycles. The van der Waals surface area contributed by atoms with E-state index in [1.54, 1.807) is 4.68 Å². The molecule has 0 saturated carbocycles. The first-order chi connectivity index (χ1) is 10.5. The van der Waals surface area contributed by atoms with Crippen LogP contribution in [0.5, 0.6) is 0 Å². The Morgan fingerprint density at radius 1 is 1.41 bits per heavy atom. The van der Waals surface area contributed by atoms with Crippen LogP contribution in [0.1, 0.15) is 28.9 Å². The second-order valence-electron chi connectivity index (χ2n) is 4.79. The third-order valence-electron chi connectivity index (χ3n) is 3.16. The number of carboxylic acids is 1. The van der Waals surface area contributed by atoms with E-state index in [0.29, 0.717) is 18.5 Å². The molecule has 0 aliphatic rings. The summed E-state index contributed by atoms with van der Waals surface area (Å²) in [6.07, 6.45) is 1.96. The van der Waals surface area contributed by atoms with Gasteiger partial charge in [-0.2, -0.15) is 5.10 Å². The lowest BCUT2D eigenvalue weighted by Crippen LogP contribution is -2.25. The number of carbonyl (C=O) groups is 2. The van der Waals surface area contributed by atoms with E-state index in [2.05, 4.69) is 26.3 Å². The van der Waals surface area contributed by atoms with E-state index in [4.69, 9.17) is 5.11 Å². The minimum absolute atomic E-state index is 0.0383. The van der Waals surface area contributed by atoms with Gasteiger partial charge in [-0.3, -0.25) is 9.59 Å². The number of benzene rings is 1. The van der Waals surface area contributed by atoms with Gasteiger partial charge >= 0.3 is 5.97 Å². The number of hydrogen-bond donors (Lipinski definition) is 2. The molecule has 2 rings (SSSR count). The SMILES string of the molecule is Cc1c(C(=O)NCCCC(=O)O)cnn1-c1cccc(Br)c1. The van der Waals surface area contributed by atoms with Crippen LogP contribution in [0.15, 0.2) is 34.9 Å². The lowest BCUT2D eigenvalue weighted by molar-refractivity contribution is -0.137. The third kappa shape index (κ3) is 3.94. The average Bonchev–Trinajstić information content (AvgIpc) is 2.85. The Bertz CT molecular complexity index is 697. The molecule has 0 spiro atoms. The Kier molecular flexibility index (Phi) is 5.32. The van der Waals surface area contributed by atoms with Gasteiger partial charge < -0.3 is 10.4 Å². The number of halogens is 1. The molecule has 0 unspecified atom stereocenters. The molecule has 0 fully saturated rings. The van der Waals surface area contributed by atoms with Crippen molar-refractivity contribution >= 4 is 27.8 Å².